The minimum Gasteiger partial charge on any atom is -0.309 e. The lowest BCUT2D eigenvalue weighted by molar-refractivity contribution is 1.15. The monoisotopic (exact) mass is 721 g/mol. The van der Waals surface area contributed by atoms with Crippen LogP contribution in [0.2, 0.25) is 0 Å². The van der Waals surface area contributed by atoms with Crippen LogP contribution in [0.5, 0.6) is 0 Å². The molecular weight excluding hydrogens is 691 g/mol. The van der Waals surface area contributed by atoms with Crippen LogP contribution in [-0.4, -0.2) is 13.5 Å². The molecule has 3 heteroatoms. The Morgan fingerprint density at radius 2 is 0.789 bits per heavy atom. The van der Waals surface area contributed by atoms with Crippen molar-refractivity contribution in [1.82, 2.24) is 13.5 Å². The molecule has 0 bridgehead atoms. The van der Waals surface area contributed by atoms with E-state index in [1.54, 1.807) is 0 Å². The molecule has 0 radical (unpaired) electrons. The Kier molecular flexibility index (Phi) is 5.51. The van der Waals surface area contributed by atoms with Gasteiger partial charge < -0.3 is 13.5 Å². The van der Waals surface area contributed by atoms with Crippen LogP contribution in [0.3, 0.4) is 0 Å². The molecule has 4 aromatic heterocycles. The van der Waals surface area contributed by atoms with E-state index in [0.29, 0.717) is 0 Å². The quantitative estimate of drug-likeness (QED) is 0.169. The van der Waals surface area contributed by atoms with Gasteiger partial charge in [0.05, 0.1) is 44.3 Å². The summed E-state index contributed by atoms with van der Waals surface area (Å²) >= 11 is 0. The Hall–Kier alpha value is -7.62. The van der Waals surface area contributed by atoms with E-state index in [0.717, 1.165) is 5.69 Å². The average molecular weight is 722 g/mol. The maximum atomic E-state index is 2.59. The fourth-order valence-corrected chi connectivity index (χ4v) is 10.6. The number of rotatable bonds is 2. The van der Waals surface area contributed by atoms with Gasteiger partial charge in [0.15, 0.2) is 0 Å². The smallest absolute Gasteiger partial charge is 0.0642 e. The van der Waals surface area contributed by atoms with Crippen molar-refractivity contribution in [2.45, 2.75) is 0 Å². The molecule has 0 aliphatic carbocycles. The van der Waals surface area contributed by atoms with Gasteiger partial charge in [-0.3, -0.25) is 0 Å². The number of benzene rings is 10. The van der Waals surface area contributed by atoms with Crippen LogP contribution in [0.15, 0.2) is 188 Å². The van der Waals surface area contributed by atoms with Gasteiger partial charge in [-0.1, -0.05) is 140 Å². The first-order valence-electron chi connectivity index (χ1n) is 19.8. The van der Waals surface area contributed by atoms with Crippen LogP contribution in [0.1, 0.15) is 0 Å². The number of hydrogen-bond acceptors (Lipinski definition) is 0. The molecule has 0 spiro atoms. The number of nitrogens with zero attached hydrogens (tertiary/aromatic N) is 3. The molecule has 4 heterocycles. The van der Waals surface area contributed by atoms with Crippen molar-refractivity contribution in [1.29, 1.82) is 0 Å². The molecule has 0 N–H and O–H groups in total. The van der Waals surface area contributed by atoms with Gasteiger partial charge in [0, 0.05) is 54.2 Å². The summed E-state index contributed by atoms with van der Waals surface area (Å²) in [7, 11) is 0. The molecule has 3 nitrogen and oxygen atoms in total. The van der Waals surface area contributed by atoms with E-state index in [1.165, 1.54) is 120 Å². The number of para-hydroxylation sites is 3. The maximum Gasteiger partial charge on any atom is 0.0642 e. The fourth-order valence-electron chi connectivity index (χ4n) is 10.6. The number of aromatic nitrogens is 3. The Bertz CT molecular complexity index is 4040. The highest BCUT2D eigenvalue weighted by atomic mass is 15.0. The van der Waals surface area contributed by atoms with Crippen LogP contribution >= 0.6 is 0 Å². The molecule has 0 aliphatic rings. The van der Waals surface area contributed by atoms with Crippen LogP contribution in [0, 0.1) is 0 Å². The number of hydrogen-bond donors (Lipinski definition) is 0. The summed E-state index contributed by atoms with van der Waals surface area (Å²) in [6.45, 7) is 0. The fraction of sp³-hybridized carbons (Fsp3) is 0. The van der Waals surface area contributed by atoms with Gasteiger partial charge in [0.25, 0.3) is 0 Å². The lowest BCUT2D eigenvalue weighted by atomic mass is 9.99. The summed E-state index contributed by atoms with van der Waals surface area (Å²) in [4.78, 5) is 0. The van der Waals surface area contributed by atoms with Gasteiger partial charge in [-0.05, 0) is 75.5 Å². The third kappa shape index (κ3) is 3.67. The molecule has 0 saturated carbocycles. The summed E-state index contributed by atoms with van der Waals surface area (Å²) in [5.41, 5.74) is 11.0. The van der Waals surface area contributed by atoms with Gasteiger partial charge in [-0.2, -0.15) is 0 Å². The van der Waals surface area contributed by atoms with Crippen LogP contribution in [0.25, 0.3) is 125 Å². The van der Waals surface area contributed by atoms with Crippen molar-refractivity contribution in [3.05, 3.63) is 188 Å². The second kappa shape index (κ2) is 10.6. The number of fused-ring (bicyclic) bond motifs is 18. The summed E-state index contributed by atoms with van der Waals surface area (Å²) in [6.07, 6.45) is 0. The molecule has 0 saturated heterocycles. The van der Waals surface area contributed by atoms with E-state index >= 15 is 0 Å². The molecular formula is C54H31N3. The van der Waals surface area contributed by atoms with E-state index in [1.807, 2.05) is 0 Å². The van der Waals surface area contributed by atoms with Crippen molar-refractivity contribution in [3.8, 4) is 11.4 Å². The normalized spacial score (nSPS) is 12.6. The largest absolute Gasteiger partial charge is 0.309 e. The van der Waals surface area contributed by atoms with Gasteiger partial charge in [0.1, 0.15) is 0 Å². The molecule has 0 fully saturated rings. The van der Waals surface area contributed by atoms with Gasteiger partial charge in [-0.25, -0.2) is 0 Å². The molecule has 14 aromatic rings. The third-order valence-corrected chi connectivity index (χ3v) is 12.9. The Balaban J connectivity index is 1.21. The lowest BCUT2D eigenvalue weighted by Gasteiger charge is -2.17. The van der Waals surface area contributed by atoms with Crippen LogP contribution < -0.4 is 0 Å². The average Bonchev–Trinajstić information content (AvgIpc) is 4.00. The Labute approximate surface area is 325 Å². The zero-order chi connectivity index (χ0) is 36.9. The molecule has 0 aliphatic heterocycles. The highest BCUT2D eigenvalue weighted by Crippen LogP contribution is 2.49. The van der Waals surface area contributed by atoms with E-state index < -0.39 is 0 Å². The predicted molar refractivity (Wildman–Crippen MR) is 242 cm³/mol. The molecule has 262 valence electrons. The van der Waals surface area contributed by atoms with Crippen molar-refractivity contribution in [3.63, 3.8) is 0 Å². The molecule has 0 unspecified atom stereocenters. The van der Waals surface area contributed by atoms with Gasteiger partial charge in [0.2, 0.25) is 0 Å². The predicted octanol–water partition coefficient (Wildman–Crippen LogP) is 14.5. The zero-order valence-electron chi connectivity index (χ0n) is 30.7. The SMILES string of the molecule is c1ccc2c(-n3c4ccccc4c4cc5c6ccccc6n6c7ccc8ccccc8c7c(c43)c56)cc(-n3c4ccccc4c4c5ccccc5ccc43)cc2c1. The highest BCUT2D eigenvalue weighted by molar-refractivity contribution is 6.37. The first-order chi connectivity index (χ1) is 28.3. The summed E-state index contributed by atoms with van der Waals surface area (Å²) in [6, 6.07) is 70.0. The van der Waals surface area contributed by atoms with Crippen LogP contribution in [0.4, 0.5) is 0 Å². The molecule has 57 heavy (non-hydrogen) atoms. The van der Waals surface area contributed by atoms with Crippen molar-refractivity contribution in [2.75, 3.05) is 0 Å². The summed E-state index contributed by atoms with van der Waals surface area (Å²) < 4.78 is 7.60. The molecule has 14 rings (SSSR count). The maximum absolute atomic E-state index is 2.59. The second-order valence-electron chi connectivity index (χ2n) is 15.6. The van der Waals surface area contributed by atoms with Crippen molar-refractivity contribution >= 4 is 114 Å². The first-order valence-corrected chi connectivity index (χ1v) is 19.8. The highest BCUT2D eigenvalue weighted by Gasteiger charge is 2.26. The van der Waals surface area contributed by atoms with Gasteiger partial charge >= 0.3 is 0 Å². The standard InChI is InChI=1S/C54H31N3/c1-5-17-37-32(13-1)25-27-47-50(37)41-21-9-12-24-46(41)55(47)35-29-34-15-3-4-16-36(34)49(30-35)57-45-23-11-8-20-40(45)43-31-42-39-19-7-10-22-44(39)56-48-28-26-33-14-2-6-18-38(33)51(48)52(53(42)56)54(43)57/h1-31H. The minimum absolute atomic E-state index is 1.15. The summed E-state index contributed by atoms with van der Waals surface area (Å²) in [5, 5.41) is 17.8. The zero-order valence-corrected chi connectivity index (χ0v) is 30.7. The minimum atomic E-state index is 1.15. The first kappa shape index (κ1) is 29.7. The topological polar surface area (TPSA) is 14.3 Å². The molecule has 0 atom stereocenters. The Morgan fingerprint density at radius 1 is 0.263 bits per heavy atom. The third-order valence-electron chi connectivity index (χ3n) is 12.9. The molecule has 0 amide bonds. The second-order valence-corrected chi connectivity index (χ2v) is 15.6. The van der Waals surface area contributed by atoms with Crippen molar-refractivity contribution < 1.29 is 0 Å². The van der Waals surface area contributed by atoms with Gasteiger partial charge in [-0.15, -0.1) is 0 Å². The van der Waals surface area contributed by atoms with Crippen LogP contribution in [-0.2, 0) is 0 Å². The lowest BCUT2D eigenvalue weighted by Crippen LogP contribution is -2.00. The van der Waals surface area contributed by atoms with E-state index in [2.05, 4.69) is 202 Å². The van der Waals surface area contributed by atoms with E-state index in [-0.39, 0.29) is 0 Å². The van der Waals surface area contributed by atoms with E-state index in [4.69, 9.17) is 0 Å². The molecule has 10 aromatic carbocycles. The van der Waals surface area contributed by atoms with Crippen molar-refractivity contribution in [2.24, 2.45) is 0 Å². The summed E-state index contributed by atoms with van der Waals surface area (Å²) in [5.74, 6) is 0. The van der Waals surface area contributed by atoms with E-state index in [9.17, 15) is 0 Å². The Morgan fingerprint density at radius 3 is 1.53 bits per heavy atom.